The van der Waals surface area contributed by atoms with Crippen LogP contribution >= 0.6 is 23.2 Å². The van der Waals surface area contributed by atoms with E-state index in [0.29, 0.717) is 44.5 Å². The maximum absolute atomic E-state index is 15.3. The maximum atomic E-state index is 15.3. The van der Waals surface area contributed by atoms with Gasteiger partial charge in [-0.05, 0) is 71.7 Å². The van der Waals surface area contributed by atoms with Crippen molar-refractivity contribution in [1.82, 2.24) is 18.9 Å². The SMILES string of the molecule is COc1ccc([C@@]23C(=O)N(Nc4ccc(Cl)cc4Cl)C(=O)[C@@H]2C[C@@H]2C(=CCn4c(=O)n(C)c(=O)n42)[C@@H]3C2=COc3ccc(O)cc3C2)cc1. The van der Waals surface area contributed by atoms with Crippen molar-refractivity contribution in [1.29, 1.82) is 0 Å². The number of imide groups is 1. The lowest BCUT2D eigenvalue weighted by Crippen LogP contribution is -2.55. The van der Waals surface area contributed by atoms with Crippen LogP contribution in [0.2, 0.25) is 10.0 Å². The molecule has 0 radical (unpaired) electrons. The van der Waals surface area contributed by atoms with E-state index in [1.54, 1.807) is 54.8 Å². The Morgan fingerprint density at radius 1 is 1.00 bits per heavy atom. The molecule has 2 fully saturated rings. The number of hydrogen-bond donors (Lipinski definition) is 2. The molecule has 2 N–H and O–H groups in total. The van der Waals surface area contributed by atoms with Gasteiger partial charge >= 0.3 is 11.4 Å². The molecule has 4 atom stereocenters. The molecule has 0 bridgehead atoms. The molecule has 2 amide bonds. The van der Waals surface area contributed by atoms with E-state index in [1.807, 2.05) is 6.08 Å². The fraction of sp³-hybridized carbons (Fsp3) is 0.257. The van der Waals surface area contributed by atoms with E-state index in [2.05, 4.69) is 5.43 Å². The van der Waals surface area contributed by atoms with Crippen LogP contribution in [0.25, 0.3) is 0 Å². The predicted octanol–water partition coefficient (Wildman–Crippen LogP) is 4.34. The first-order valence-electron chi connectivity index (χ1n) is 15.5. The molecule has 4 aliphatic rings. The van der Waals surface area contributed by atoms with E-state index < -0.39 is 46.5 Å². The predicted molar refractivity (Wildman–Crippen MR) is 180 cm³/mol. The van der Waals surface area contributed by atoms with E-state index in [4.69, 9.17) is 32.7 Å². The molecule has 1 saturated heterocycles. The maximum Gasteiger partial charge on any atom is 0.347 e. The minimum absolute atomic E-state index is 0.0420. The highest BCUT2D eigenvalue weighted by molar-refractivity contribution is 6.36. The number of aromatic hydroxyl groups is 1. The van der Waals surface area contributed by atoms with Gasteiger partial charge in [-0.1, -0.05) is 41.4 Å². The summed E-state index contributed by atoms with van der Waals surface area (Å²) in [6.07, 6.45) is 3.78. The number of rotatable bonds is 5. The molecular weight excluding hydrogens is 673 g/mol. The number of carbonyl (C=O) groups excluding carboxylic acids is 2. The Morgan fingerprint density at radius 2 is 1.78 bits per heavy atom. The van der Waals surface area contributed by atoms with Gasteiger partial charge in [-0.3, -0.25) is 15.0 Å². The van der Waals surface area contributed by atoms with Crippen LogP contribution in [0.5, 0.6) is 17.2 Å². The normalized spacial score (nSPS) is 23.8. The number of hydrazine groups is 1. The zero-order valence-corrected chi connectivity index (χ0v) is 27.7. The summed E-state index contributed by atoms with van der Waals surface area (Å²) in [7, 11) is 2.95. The fourth-order valence-corrected chi connectivity index (χ4v) is 8.48. The topological polar surface area (TPSA) is 137 Å². The molecule has 0 unspecified atom stereocenters. The molecule has 250 valence electrons. The highest BCUT2D eigenvalue weighted by atomic mass is 35.5. The molecule has 4 heterocycles. The Labute approximate surface area is 288 Å². The van der Waals surface area contributed by atoms with E-state index in [9.17, 15) is 19.5 Å². The van der Waals surface area contributed by atoms with Gasteiger partial charge in [0, 0.05) is 30.0 Å². The van der Waals surface area contributed by atoms with Gasteiger partial charge in [-0.2, -0.15) is 5.01 Å². The summed E-state index contributed by atoms with van der Waals surface area (Å²) in [5.74, 6) is -1.75. The molecule has 1 aliphatic carbocycles. The number of nitrogens with one attached hydrogen (secondary N) is 1. The smallest absolute Gasteiger partial charge is 0.347 e. The Morgan fingerprint density at radius 3 is 2.51 bits per heavy atom. The molecule has 0 spiro atoms. The lowest BCUT2D eigenvalue weighted by Gasteiger charge is -2.49. The van der Waals surface area contributed by atoms with Gasteiger partial charge in [0.1, 0.15) is 17.2 Å². The number of halogens is 2. The van der Waals surface area contributed by atoms with Gasteiger partial charge in [0.25, 0.3) is 11.8 Å². The quantitative estimate of drug-likeness (QED) is 0.232. The standard InChI is InChI=1S/C35H29Cl2N5O7/c1-39-33(46)40-12-11-24-28(42(40)34(39)47)16-25-31(44)41(38-27-9-5-21(36)15-26(27)37)32(45)35(25,20-3-7-23(48-2)8-4-20)30(24)19-13-18-14-22(43)6-10-29(18)49-17-19/h3-11,14-15,17,25,28,30,38,43H,12-13,16H2,1-2H3/t25-,28+,30-,35+/m0/s1. The summed E-state index contributed by atoms with van der Waals surface area (Å²) in [5.41, 5.74) is 3.31. The van der Waals surface area contributed by atoms with Gasteiger partial charge in [0.05, 0.1) is 48.0 Å². The van der Waals surface area contributed by atoms with Crippen molar-refractivity contribution < 1.29 is 24.2 Å². The van der Waals surface area contributed by atoms with Crippen LogP contribution in [0, 0.1) is 11.8 Å². The first-order chi connectivity index (χ1) is 23.5. The van der Waals surface area contributed by atoms with E-state index in [0.717, 1.165) is 9.58 Å². The minimum atomic E-state index is -1.54. The van der Waals surface area contributed by atoms with Crippen LogP contribution < -0.4 is 26.3 Å². The number of fused-ring (bicyclic) bond motifs is 5. The zero-order chi connectivity index (χ0) is 34.4. The monoisotopic (exact) mass is 701 g/mol. The third-order valence-corrected chi connectivity index (χ3v) is 10.7. The van der Waals surface area contributed by atoms with Crippen molar-refractivity contribution in [2.45, 2.75) is 30.8 Å². The van der Waals surface area contributed by atoms with Crippen molar-refractivity contribution in [2.75, 3.05) is 12.5 Å². The molecule has 49 heavy (non-hydrogen) atoms. The Bertz CT molecular complexity index is 2270. The number of amides is 2. The highest BCUT2D eigenvalue weighted by Crippen LogP contribution is 2.61. The summed E-state index contributed by atoms with van der Waals surface area (Å²) in [6, 6.07) is 15.8. The number of benzene rings is 3. The van der Waals surface area contributed by atoms with E-state index in [1.165, 1.54) is 35.7 Å². The van der Waals surface area contributed by atoms with Crippen molar-refractivity contribution in [2.24, 2.45) is 18.9 Å². The van der Waals surface area contributed by atoms with Crippen LogP contribution in [0.15, 0.2) is 93.7 Å². The number of methoxy groups -OCH3 is 1. The Hall–Kier alpha value is -5.20. The summed E-state index contributed by atoms with van der Waals surface area (Å²) in [5, 5.41) is 11.9. The molecule has 8 rings (SSSR count). The lowest BCUT2D eigenvalue weighted by atomic mass is 9.52. The third-order valence-electron chi connectivity index (χ3n) is 10.2. The summed E-state index contributed by atoms with van der Waals surface area (Å²) in [6.45, 7) is 0.0800. The van der Waals surface area contributed by atoms with Crippen molar-refractivity contribution >= 4 is 40.7 Å². The van der Waals surface area contributed by atoms with Crippen LogP contribution in [-0.4, -0.2) is 43.0 Å². The number of carbonyl (C=O) groups is 2. The summed E-state index contributed by atoms with van der Waals surface area (Å²) >= 11 is 12.6. The highest BCUT2D eigenvalue weighted by Gasteiger charge is 2.69. The Balaban J connectivity index is 1.37. The fourth-order valence-electron chi connectivity index (χ4n) is 8.03. The van der Waals surface area contributed by atoms with Crippen molar-refractivity contribution in [3.8, 4) is 17.2 Å². The molecule has 4 aromatic rings. The second kappa shape index (κ2) is 11.2. The number of phenolic OH excluding ortho intramolecular Hbond substituents is 1. The van der Waals surface area contributed by atoms with Crippen LogP contribution in [0.1, 0.15) is 23.6 Å². The van der Waals surface area contributed by atoms with Gasteiger partial charge in [0.15, 0.2) is 0 Å². The second-order valence-corrected chi connectivity index (χ2v) is 13.4. The molecular formula is C35H29Cl2N5O7. The molecule has 3 aliphatic heterocycles. The van der Waals surface area contributed by atoms with Crippen LogP contribution in [0.3, 0.4) is 0 Å². The minimum Gasteiger partial charge on any atom is -0.508 e. The van der Waals surface area contributed by atoms with Crippen molar-refractivity contribution in [3.05, 3.63) is 126 Å². The number of ether oxygens (including phenoxy) is 2. The number of aromatic nitrogens is 3. The van der Waals surface area contributed by atoms with Gasteiger partial charge in [0.2, 0.25) is 0 Å². The first kappa shape index (κ1) is 31.1. The molecule has 3 aromatic carbocycles. The van der Waals surface area contributed by atoms with Crippen molar-refractivity contribution in [3.63, 3.8) is 0 Å². The van der Waals surface area contributed by atoms with Crippen LogP contribution in [-0.2, 0) is 35.0 Å². The number of hydrogen-bond acceptors (Lipinski definition) is 8. The number of phenols is 1. The van der Waals surface area contributed by atoms with Crippen LogP contribution in [0.4, 0.5) is 5.69 Å². The van der Waals surface area contributed by atoms with E-state index in [-0.39, 0.29) is 30.2 Å². The number of nitrogens with zero attached hydrogens (tertiary/aromatic N) is 4. The summed E-state index contributed by atoms with van der Waals surface area (Å²) < 4.78 is 15.4. The number of allylic oxidation sites excluding steroid dienone is 3. The molecule has 12 nitrogen and oxygen atoms in total. The van der Waals surface area contributed by atoms with E-state index >= 15 is 4.79 Å². The first-order valence-corrected chi connectivity index (χ1v) is 16.3. The average molecular weight is 703 g/mol. The van der Waals surface area contributed by atoms with Gasteiger partial charge in [-0.25, -0.2) is 23.5 Å². The van der Waals surface area contributed by atoms with Gasteiger partial charge in [-0.15, -0.1) is 0 Å². The second-order valence-electron chi connectivity index (χ2n) is 12.6. The molecule has 14 heteroatoms. The molecule has 1 aromatic heterocycles. The number of anilines is 1. The Kier molecular flexibility index (Phi) is 7.09. The largest absolute Gasteiger partial charge is 0.508 e. The lowest BCUT2D eigenvalue weighted by molar-refractivity contribution is -0.138. The summed E-state index contributed by atoms with van der Waals surface area (Å²) in [4.78, 5) is 56.7. The third kappa shape index (κ3) is 4.43. The molecule has 1 saturated carbocycles. The van der Waals surface area contributed by atoms with Gasteiger partial charge < -0.3 is 14.6 Å². The zero-order valence-electron chi connectivity index (χ0n) is 26.2. The average Bonchev–Trinajstić information content (AvgIpc) is 3.45.